The van der Waals surface area contributed by atoms with Crippen LogP contribution in [0.15, 0.2) is 54.6 Å². The summed E-state index contributed by atoms with van der Waals surface area (Å²) in [6.07, 6.45) is 0.930. The first-order chi connectivity index (χ1) is 10.6. The highest BCUT2D eigenvalue weighted by atomic mass is 35.5. The summed E-state index contributed by atoms with van der Waals surface area (Å²) in [4.78, 5) is 11.8. The molecule has 1 atom stereocenters. The van der Waals surface area contributed by atoms with Gasteiger partial charge < -0.3 is 16.2 Å². The maximum Gasteiger partial charge on any atom is 0.220 e. The summed E-state index contributed by atoms with van der Waals surface area (Å²) in [7, 11) is 0. The van der Waals surface area contributed by atoms with E-state index in [0.29, 0.717) is 24.9 Å². The van der Waals surface area contributed by atoms with Gasteiger partial charge in [0.15, 0.2) is 0 Å². The highest BCUT2D eigenvalue weighted by molar-refractivity contribution is 5.85. The molecule has 2 aromatic rings. The molecule has 0 aromatic heterocycles. The van der Waals surface area contributed by atoms with E-state index in [2.05, 4.69) is 5.32 Å². The fourth-order valence-electron chi connectivity index (χ4n) is 2.29. The number of rotatable bonds is 7. The lowest BCUT2D eigenvalue weighted by Crippen LogP contribution is -2.33. The lowest BCUT2D eigenvalue weighted by molar-refractivity contribution is -0.121. The van der Waals surface area contributed by atoms with E-state index in [9.17, 15) is 9.90 Å². The van der Waals surface area contributed by atoms with Crippen LogP contribution in [0.3, 0.4) is 0 Å². The Morgan fingerprint density at radius 1 is 1.09 bits per heavy atom. The quantitative estimate of drug-likeness (QED) is 0.680. The van der Waals surface area contributed by atoms with Crippen LogP contribution in [0.2, 0.25) is 0 Å². The predicted octanol–water partition coefficient (Wildman–Crippen LogP) is 2.34. The number of carbonyl (C=O) groups excluding carboxylic acids is 1. The number of nitrogens with two attached hydrogens (primary N) is 1. The molecule has 0 radical (unpaired) electrons. The van der Waals surface area contributed by atoms with Crippen molar-refractivity contribution in [3.8, 4) is 0 Å². The molecule has 23 heavy (non-hydrogen) atoms. The Hall–Kier alpha value is -2.04. The van der Waals surface area contributed by atoms with E-state index < -0.39 is 6.10 Å². The van der Waals surface area contributed by atoms with Gasteiger partial charge in [0.05, 0.1) is 6.10 Å². The average molecular weight is 335 g/mol. The van der Waals surface area contributed by atoms with Gasteiger partial charge in [-0.15, -0.1) is 12.4 Å². The highest BCUT2D eigenvalue weighted by Crippen LogP contribution is 2.12. The summed E-state index contributed by atoms with van der Waals surface area (Å²) >= 11 is 0. The van der Waals surface area contributed by atoms with Gasteiger partial charge in [-0.25, -0.2) is 0 Å². The molecule has 2 aromatic carbocycles. The van der Waals surface area contributed by atoms with Gasteiger partial charge in [0.25, 0.3) is 0 Å². The topological polar surface area (TPSA) is 75.4 Å². The minimum absolute atomic E-state index is 0. The summed E-state index contributed by atoms with van der Waals surface area (Å²) in [6.45, 7) is 0.262. The van der Waals surface area contributed by atoms with Gasteiger partial charge in [0, 0.05) is 25.1 Å². The number of halogens is 1. The first-order valence-electron chi connectivity index (χ1n) is 7.47. The van der Waals surface area contributed by atoms with Crippen molar-refractivity contribution in [2.45, 2.75) is 25.4 Å². The van der Waals surface area contributed by atoms with E-state index in [4.69, 9.17) is 5.73 Å². The molecule has 0 aliphatic carbocycles. The molecule has 0 spiro atoms. The van der Waals surface area contributed by atoms with Crippen LogP contribution in [-0.2, 0) is 17.6 Å². The van der Waals surface area contributed by atoms with Gasteiger partial charge in [-0.2, -0.15) is 0 Å². The Bertz CT molecular complexity index is 605. The monoisotopic (exact) mass is 334 g/mol. The maximum absolute atomic E-state index is 11.8. The number of amides is 1. The number of aryl methyl sites for hydroxylation is 1. The number of para-hydroxylation sites is 1. The zero-order valence-electron chi connectivity index (χ0n) is 12.9. The average Bonchev–Trinajstić information content (AvgIpc) is 2.53. The van der Waals surface area contributed by atoms with Crippen molar-refractivity contribution in [3.63, 3.8) is 0 Å². The first-order valence-corrected chi connectivity index (χ1v) is 7.47. The molecule has 0 aliphatic rings. The molecule has 0 heterocycles. The summed E-state index contributed by atoms with van der Waals surface area (Å²) in [5.41, 5.74) is 8.58. The zero-order chi connectivity index (χ0) is 15.8. The molecule has 0 saturated carbocycles. The largest absolute Gasteiger partial charge is 0.399 e. The second kappa shape index (κ2) is 9.87. The third-order valence-corrected chi connectivity index (χ3v) is 3.53. The van der Waals surface area contributed by atoms with Gasteiger partial charge in [-0.3, -0.25) is 4.79 Å². The van der Waals surface area contributed by atoms with Crippen LogP contribution in [0.5, 0.6) is 0 Å². The van der Waals surface area contributed by atoms with Crippen LogP contribution in [0.4, 0.5) is 5.69 Å². The Morgan fingerprint density at radius 2 is 1.74 bits per heavy atom. The second-order valence-corrected chi connectivity index (χ2v) is 5.35. The van der Waals surface area contributed by atoms with Crippen molar-refractivity contribution in [1.82, 2.24) is 5.32 Å². The van der Waals surface area contributed by atoms with Crippen LogP contribution < -0.4 is 11.1 Å². The number of hydrogen-bond donors (Lipinski definition) is 3. The summed E-state index contributed by atoms with van der Waals surface area (Å²) in [6, 6.07) is 17.3. The van der Waals surface area contributed by atoms with Crippen molar-refractivity contribution in [2.75, 3.05) is 12.3 Å². The second-order valence-electron chi connectivity index (χ2n) is 5.35. The Balaban J connectivity index is 0.00000264. The van der Waals surface area contributed by atoms with E-state index in [1.54, 1.807) is 0 Å². The molecule has 2 rings (SSSR count). The Kier molecular flexibility index (Phi) is 8.16. The minimum atomic E-state index is -0.576. The number of aliphatic hydroxyl groups is 1. The molecule has 0 bridgehead atoms. The van der Waals surface area contributed by atoms with Crippen LogP contribution >= 0.6 is 12.4 Å². The van der Waals surface area contributed by atoms with Gasteiger partial charge in [0.2, 0.25) is 5.91 Å². The molecule has 4 nitrogen and oxygen atoms in total. The van der Waals surface area contributed by atoms with Gasteiger partial charge >= 0.3 is 0 Å². The van der Waals surface area contributed by atoms with Crippen molar-refractivity contribution in [1.29, 1.82) is 0 Å². The minimum Gasteiger partial charge on any atom is -0.399 e. The fraction of sp³-hybridized carbons (Fsp3) is 0.278. The molecular weight excluding hydrogens is 312 g/mol. The third kappa shape index (κ3) is 6.72. The van der Waals surface area contributed by atoms with Gasteiger partial charge in [0.1, 0.15) is 0 Å². The lowest BCUT2D eigenvalue weighted by atomic mass is 10.1. The Morgan fingerprint density at radius 3 is 2.43 bits per heavy atom. The first kappa shape index (κ1) is 19.0. The normalized spacial score (nSPS) is 11.3. The van der Waals surface area contributed by atoms with Crippen molar-refractivity contribution in [2.24, 2.45) is 0 Å². The molecule has 124 valence electrons. The van der Waals surface area contributed by atoms with E-state index in [0.717, 1.165) is 11.1 Å². The molecule has 1 unspecified atom stereocenters. The molecule has 1 amide bonds. The SMILES string of the molecule is Cl.Nc1ccccc1CCC(=O)NCC(O)Cc1ccccc1. The van der Waals surface area contributed by atoms with Gasteiger partial charge in [-0.05, 0) is 23.6 Å². The molecule has 0 fully saturated rings. The lowest BCUT2D eigenvalue weighted by Gasteiger charge is -2.12. The highest BCUT2D eigenvalue weighted by Gasteiger charge is 2.09. The maximum atomic E-state index is 11.8. The number of carbonyl (C=O) groups is 1. The molecule has 4 N–H and O–H groups in total. The van der Waals surface area contributed by atoms with E-state index in [1.807, 2.05) is 54.6 Å². The number of benzene rings is 2. The summed E-state index contributed by atoms with van der Waals surface area (Å²) < 4.78 is 0. The van der Waals surface area contributed by atoms with Crippen LogP contribution in [0, 0.1) is 0 Å². The molecule has 0 saturated heterocycles. The van der Waals surface area contributed by atoms with E-state index in [-0.39, 0.29) is 24.9 Å². The van der Waals surface area contributed by atoms with Gasteiger partial charge in [-0.1, -0.05) is 48.5 Å². The predicted molar refractivity (Wildman–Crippen MR) is 95.6 cm³/mol. The standard InChI is InChI=1S/C18H22N2O2.ClH/c19-17-9-5-4-8-15(17)10-11-18(22)20-13-16(21)12-14-6-2-1-3-7-14;/h1-9,16,21H,10-13,19H2,(H,20,22);1H. The fourth-order valence-corrected chi connectivity index (χ4v) is 2.29. The molecule has 5 heteroatoms. The Labute approximate surface area is 143 Å². The van der Waals surface area contributed by atoms with Crippen molar-refractivity contribution >= 4 is 24.0 Å². The molecule has 0 aliphatic heterocycles. The number of nitrogens with one attached hydrogen (secondary N) is 1. The van der Waals surface area contributed by atoms with Crippen molar-refractivity contribution < 1.29 is 9.90 Å². The number of aliphatic hydroxyl groups excluding tert-OH is 1. The number of hydrogen-bond acceptors (Lipinski definition) is 3. The van der Waals surface area contributed by atoms with Crippen LogP contribution in [0.25, 0.3) is 0 Å². The smallest absolute Gasteiger partial charge is 0.220 e. The summed E-state index contributed by atoms with van der Waals surface area (Å²) in [5, 5.41) is 12.7. The number of nitrogen functional groups attached to an aromatic ring is 1. The zero-order valence-corrected chi connectivity index (χ0v) is 13.8. The molecular formula is C18H23ClN2O2. The van der Waals surface area contributed by atoms with Crippen molar-refractivity contribution in [3.05, 3.63) is 65.7 Å². The summed E-state index contributed by atoms with van der Waals surface area (Å²) in [5.74, 6) is -0.0737. The third-order valence-electron chi connectivity index (χ3n) is 3.53. The number of anilines is 1. The van der Waals surface area contributed by atoms with Crippen LogP contribution in [-0.4, -0.2) is 23.7 Å². The van der Waals surface area contributed by atoms with E-state index in [1.165, 1.54) is 0 Å². The van der Waals surface area contributed by atoms with E-state index >= 15 is 0 Å². The van der Waals surface area contributed by atoms with Crippen LogP contribution in [0.1, 0.15) is 17.5 Å².